The Morgan fingerprint density at radius 3 is 1.06 bits per heavy atom. The molecular formula is C102H157F4LiO20. The van der Waals surface area contributed by atoms with E-state index >= 15 is 17.6 Å². The first-order valence-electron chi connectivity index (χ1n) is 48.5. The van der Waals surface area contributed by atoms with Crippen LogP contribution in [0.3, 0.4) is 0 Å². The number of ether oxygens (including phenoxy) is 9. The molecule has 4 N–H and O–H groups in total. The fraction of sp³-hybridized carbons (Fsp3) is 0.931. The molecule has 0 radical (unpaired) electrons. The van der Waals surface area contributed by atoms with Crippen LogP contribution in [0.15, 0.2) is 0 Å². The Kier molecular flexibility index (Phi) is 23.5. The molecule has 3 saturated heterocycles. The third-order valence-corrected chi connectivity index (χ3v) is 43.2. The van der Waals surface area contributed by atoms with Crippen LogP contribution < -0.4 is 18.9 Å². The van der Waals surface area contributed by atoms with Gasteiger partial charge in [-0.3, -0.25) is 33.6 Å². The summed E-state index contributed by atoms with van der Waals surface area (Å²) in [5.74, 6) is -7.72. The van der Waals surface area contributed by atoms with Gasteiger partial charge in [-0.25, -0.2) is 17.6 Å². The van der Waals surface area contributed by atoms with Crippen molar-refractivity contribution in [1.29, 1.82) is 0 Å². The van der Waals surface area contributed by atoms with E-state index in [1.807, 2.05) is 27.7 Å². The van der Waals surface area contributed by atoms with E-state index < -0.39 is 91.9 Å². The molecule has 0 aromatic heterocycles. The van der Waals surface area contributed by atoms with Crippen molar-refractivity contribution in [2.24, 2.45) is 134 Å². The van der Waals surface area contributed by atoms with Crippen molar-refractivity contribution >= 4 is 41.6 Å². The number of halogens is 4. The van der Waals surface area contributed by atoms with E-state index in [1.54, 1.807) is 41.5 Å². The number of alkyl halides is 4. The predicted molar refractivity (Wildman–Crippen MR) is 460 cm³/mol. The maximum atomic E-state index is 15.6. The summed E-state index contributed by atoms with van der Waals surface area (Å²) in [4.78, 5) is 87.4. The first-order valence-corrected chi connectivity index (χ1v) is 48.5. The summed E-state index contributed by atoms with van der Waals surface area (Å²) < 4.78 is 118. The quantitative estimate of drug-likeness (QED) is 0.0708. The van der Waals surface area contributed by atoms with Gasteiger partial charge in [0.2, 0.25) is 0 Å². The van der Waals surface area contributed by atoms with Crippen molar-refractivity contribution in [3.63, 3.8) is 0 Å². The van der Waals surface area contributed by atoms with Crippen molar-refractivity contribution in [3.05, 3.63) is 0 Å². The molecule has 25 heteroatoms. The number of Topliss-reactive ketones (excluding diaryl/α,β-unsaturated/α-hetero) is 1. The SMILES string of the molecule is CC(=O)O[C@H]1C[C@@]2(C)[C@@H]3C[C@H](OC(C)=O)[C@H]4C(C)(C)C(=O)CC[C@@]45C[C@@]35CC[C@]2(C)[C@H]1[C@@]1(C)CC[C@@H](C(C)(C)OC(C)=O)O1.CC(=O)O[C@H]1C[C@@]2(C)[C@@H]3C[C@H](OC(C)=O)[C@H]4C(C)(C)C(F)(F)CC[C@@]45C[C@@]35CC[C@]2(C)[C@H]1[C@@]1(C)CC[C@@H](C(C)(C)OC(C)=O)O1.CC(C)(O)[C@@H]1CC[C@](C)([C@H]2[C@@H](O)C[C@@]3(C)[C@@H]4C[C@H](O)[C@H]5C(C)(C)C(F)(F)CC[C@@]56C[C@@]46CC[C@]23C)O1.[Li+].[OH-]. The summed E-state index contributed by atoms with van der Waals surface area (Å²) in [6.45, 7) is 51.3. The van der Waals surface area contributed by atoms with Gasteiger partial charge in [0.25, 0.3) is 11.8 Å². The largest absolute Gasteiger partial charge is 1.00 e. The third-order valence-electron chi connectivity index (χ3n) is 43.2. The van der Waals surface area contributed by atoms with Gasteiger partial charge in [0.05, 0.1) is 52.9 Å². The van der Waals surface area contributed by atoms with Crippen LogP contribution in [0.2, 0.25) is 0 Å². The van der Waals surface area contributed by atoms with Gasteiger partial charge in [0.15, 0.2) is 0 Å². The van der Waals surface area contributed by atoms with Crippen LogP contribution in [-0.4, -0.2) is 163 Å². The van der Waals surface area contributed by atoms with Gasteiger partial charge in [-0.15, -0.1) is 0 Å². The van der Waals surface area contributed by atoms with Crippen LogP contribution in [0, 0.1) is 134 Å². The summed E-state index contributed by atoms with van der Waals surface area (Å²) in [5, 5.41) is 33.9. The molecule has 3 aliphatic heterocycles. The molecule has 18 rings (SSSR count). The van der Waals surface area contributed by atoms with Gasteiger partial charge < -0.3 is 63.4 Å². The van der Waals surface area contributed by atoms with Gasteiger partial charge in [0, 0.05) is 113 Å². The van der Waals surface area contributed by atoms with E-state index in [-0.39, 0.29) is 222 Å². The predicted octanol–water partition coefficient (Wildman–Crippen LogP) is 16.3. The Morgan fingerprint density at radius 1 is 0.362 bits per heavy atom. The van der Waals surface area contributed by atoms with Gasteiger partial charge in [-0.05, 0) is 299 Å². The number of carbonyl (C=O) groups excluding carboxylic acids is 7. The van der Waals surface area contributed by atoms with Crippen molar-refractivity contribution in [2.75, 3.05) is 0 Å². The topological polar surface area (TPSA) is 293 Å². The second-order valence-electron chi connectivity index (χ2n) is 51.0. The number of esters is 6. The number of ketones is 1. The first-order chi connectivity index (χ1) is 57.0. The van der Waals surface area contributed by atoms with E-state index in [1.165, 1.54) is 41.5 Å². The Morgan fingerprint density at radius 2 is 0.677 bits per heavy atom. The molecule has 0 bridgehead atoms. The summed E-state index contributed by atoms with van der Waals surface area (Å²) in [6, 6.07) is 0. The molecule has 6 spiro atoms. The molecule has 15 aliphatic carbocycles. The van der Waals surface area contributed by atoms with Crippen LogP contribution >= 0.6 is 0 Å². The smallest absolute Gasteiger partial charge is 0.870 e. The minimum atomic E-state index is -2.84. The van der Waals surface area contributed by atoms with Crippen molar-refractivity contribution < 1.29 is 133 Å². The monoisotopic (exact) mass is 1790 g/mol. The molecule has 33 atom stereocenters. The van der Waals surface area contributed by atoms with Gasteiger partial charge in [0.1, 0.15) is 41.4 Å². The standard InChI is InChI=1S/C36H54F2O7.C36H54O8.C30H48F2O4.Li.H2O/c1-20(39)42-23-17-25-32(9)18-24(43-21(2)40)28(33(10)12-11-26(45-33)30(6,7)44-22(3)41)31(32,8)13-14-34(25)19-35(34)15-16-36(37,38)29(4,5)27(23)35;1-20(37)41-23-17-25-33(9)18-24(42-21(2)38)29(34(10)13-12-27(44-34)31(6,7)43-22(3)39)32(33,8)15-16-35(25)19-36(35)14-11-26(40)30(4,5)28(23)36;1-23(2)21-17(33)14-19-26(6)15-18(34)22(27(7)9-8-20(36-27)24(3,4)35)25(26,5)10-11-28(19)16-29(21,28)12-13-30(23,31)32;;/h23-28H,11-19H2,1-10H3;23-25,27-29H,11-19H2,1-10H3;17-22,33-35H,8-16H2,1-7H3;;1H2/q;;;+1;/p-1/t23-,24-,25-,26-,27-,28-,31+,32-,33+,34-,35+;23-,24-,25-,27-,28-,29-,32+,33-,34+,35-,36+;17-,18-,19-,20-,21-,22-,25+,26-,27+,28-,29+;;/m000../s1. The molecule has 15 saturated carbocycles. The molecule has 18 fully saturated rings. The Bertz CT molecular complexity index is 4410. The third kappa shape index (κ3) is 13.5. The molecule has 20 nitrogen and oxygen atoms in total. The Balaban J connectivity index is 0.000000154. The average molecular weight is 1790 g/mol. The van der Waals surface area contributed by atoms with Gasteiger partial charge >= 0.3 is 54.7 Å². The molecule has 127 heavy (non-hydrogen) atoms. The van der Waals surface area contributed by atoms with Gasteiger partial charge in [-0.1, -0.05) is 83.1 Å². The average Bonchev–Trinajstić information content (AvgIpc) is 1.48. The summed E-state index contributed by atoms with van der Waals surface area (Å²) >= 11 is 0. The first kappa shape index (κ1) is 99.5. The minimum Gasteiger partial charge on any atom is -0.870 e. The zero-order valence-electron chi connectivity index (χ0n) is 82.3. The van der Waals surface area contributed by atoms with Crippen LogP contribution in [0.5, 0.6) is 0 Å². The fourth-order valence-corrected chi connectivity index (χ4v) is 38.1. The zero-order chi connectivity index (χ0) is 92.4. The van der Waals surface area contributed by atoms with E-state index in [2.05, 4.69) is 76.2 Å². The number of aliphatic hydroxyl groups is 3. The van der Waals surface area contributed by atoms with E-state index in [4.69, 9.17) is 42.6 Å². The summed E-state index contributed by atoms with van der Waals surface area (Å²) in [5.41, 5.74) is -9.25. The number of hydrogen-bond donors (Lipinski definition) is 3. The second kappa shape index (κ2) is 30.0. The van der Waals surface area contributed by atoms with Crippen molar-refractivity contribution in [1.82, 2.24) is 0 Å². The molecule has 0 unspecified atom stereocenters. The van der Waals surface area contributed by atoms with Crippen LogP contribution in [0.4, 0.5) is 17.6 Å². The normalized spacial score (nSPS) is 51.0. The van der Waals surface area contributed by atoms with Gasteiger partial charge in [-0.2, -0.15) is 0 Å². The molecule has 714 valence electrons. The number of rotatable bonds is 12. The Labute approximate surface area is 765 Å². The number of carbonyl (C=O) groups is 7. The fourth-order valence-electron chi connectivity index (χ4n) is 38.1. The van der Waals surface area contributed by atoms with Crippen molar-refractivity contribution in [3.8, 4) is 0 Å². The van der Waals surface area contributed by atoms with Crippen LogP contribution in [0.1, 0.15) is 360 Å². The van der Waals surface area contributed by atoms with Crippen LogP contribution in [0.25, 0.3) is 0 Å². The molecular weight excluding hydrogens is 1630 g/mol. The van der Waals surface area contributed by atoms with Crippen molar-refractivity contribution in [2.45, 2.75) is 461 Å². The maximum absolute atomic E-state index is 15.6. The second-order valence-corrected chi connectivity index (χ2v) is 51.0. The summed E-state index contributed by atoms with van der Waals surface area (Å²) in [6.07, 6.45) is 15.6. The van der Waals surface area contributed by atoms with E-state index in [9.17, 15) is 48.9 Å². The zero-order valence-corrected chi connectivity index (χ0v) is 82.3. The Hall–Kier alpha value is -3.47. The summed E-state index contributed by atoms with van der Waals surface area (Å²) in [7, 11) is 0. The minimum absolute atomic E-state index is 0. The number of hydrogen-bond acceptors (Lipinski definition) is 20. The van der Waals surface area contributed by atoms with E-state index in [0.717, 1.165) is 109 Å². The molecule has 0 amide bonds. The maximum Gasteiger partial charge on any atom is 1.00 e. The molecule has 3 heterocycles. The van der Waals surface area contributed by atoms with Crippen LogP contribution in [-0.2, 0) is 76.2 Å². The molecule has 0 aromatic carbocycles. The van der Waals surface area contributed by atoms with E-state index in [0.29, 0.717) is 51.4 Å². The number of fused-ring (bicyclic) bond motifs is 6. The molecule has 0 aromatic rings. The number of aliphatic hydroxyl groups excluding tert-OH is 2. The molecule has 18 aliphatic rings.